The lowest BCUT2D eigenvalue weighted by Crippen LogP contribution is -2.31. The number of aryl methyl sites for hydroxylation is 1. The third-order valence-corrected chi connectivity index (χ3v) is 5.37. The van der Waals surface area contributed by atoms with Gasteiger partial charge in [-0.3, -0.25) is 9.52 Å². The van der Waals surface area contributed by atoms with Crippen LogP contribution in [0.3, 0.4) is 0 Å². The third kappa shape index (κ3) is 3.93. The maximum Gasteiger partial charge on any atom is 0.265 e. The Morgan fingerprint density at radius 2 is 2.00 bits per heavy atom. The second-order valence-electron chi connectivity index (χ2n) is 5.94. The monoisotopic (exact) mass is 360 g/mol. The minimum absolute atomic E-state index is 0.00447. The highest BCUT2D eigenvalue weighted by molar-refractivity contribution is 7.92. The van der Waals surface area contributed by atoms with Crippen LogP contribution in [-0.4, -0.2) is 26.2 Å². The van der Waals surface area contributed by atoms with E-state index in [1.54, 1.807) is 32.0 Å². The summed E-state index contributed by atoms with van der Waals surface area (Å²) < 4.78 is 31.5. The Bertz CT molecular complexity index is 884. The van der Waals surface area contributed by atoms with E-state index in [-0.39, 0.29) is 11.7 Å². The van der Waals surface area contributed by atoms with E-state index in [9.17, 15) is 13.2 Å². The molecule has 3 rings (SSSR count). The number of amides is 1. The zero-order chi connectivity index (χ0) is 18.0. The molecule has 132 valence electrons. The lowest BCUT2D eigenvalue weighted by atomic mass is 10.1. The third-order valence-electron chi connectivity index (χ3n) is 4.08. The molecular weight excluding hydrogens is 340 g/mol. The zero-order valence-electron chi connectivity index (χ0n) is 14.1. The van der Waals surface area contributed by atoms with Crippen molar-refractivity contribution < 1.29 is 17.9 Å². The van der Waals surface area contributed by atoms with Gasteiger partial charge in [0.15, 0.2) is 6.10 Å². The van der Waals surface area contributed by atoms with E-state index in [1.807, 2.05) is 24.3 Å². The van der Waals surface area contributed by atoms with Crippen molar-refractivity contribution in [3.63, 3.8) is 0 Å². The number of hydrogen-bond acceptors (Lipinski definition) is 4. The lowest BCUT2D eigenvalue weighted by Gasteiger charge is -2.14. The molecule has 0 saturated carbocycles. The van der Waals surface area contributed by atoms with Gasteiger partial charge in [0.1, 0.15) is 5.75 Å². The molecule has 0 saturated heterocycles. The first-order valence-corrected chi connectivity index (χ1v) is 9.70. The van der Waals surface area contributed by atoms with Gasteiger partial charge in [0, 0.05) is 12.1 Å². The molecule has 0 aromatic heterocycles. The van der Waals surface area contributed by atoms with Crippen LogP contribution < -0.4 is 14.8 Å². The second-order valence-corrected chi connectivity index (χ2v) is 7.95. The molecule has 0 fully saturated rings. The molecule has 7 heteroatoms. The topological polar surface area (TPSA) is 84.5 Å². The Balaban J connectivity index is 1.68. The largest absolute Gasteiger partial charge is 0.480 e. The Labute approximate surface area is 147 Å². The normalized spacial score (nSPS) is 16.0. The summed E-state index contributed by atoms with van der Waals surface area (Å²) in [5, 5.41) is 2.82. The number of benzene rings is 2. The van der Waals surface area contributed by atoms with Crippen LogP contribution in [0.4, 0.5) is 11.4 Å². The molecule has 25 heavy (non-hydrogen) atoms. The van der Waals surface area contributed by atoms with Crippen LogP contribution in [0.15, 0.2) is 42.5 Å². The number of fused-ring (bicyclic) bond motifs is 1. The molecule has 2 aromatic rings. The number of para-hydroxylation sites is 1. The Hall–Kier alpha value is -2.54. The summed E-state index contributed by atoms with van der Waals surface area (Å²) >= 11 is 0. The molecule has 2 N–H and O–H groups in total. The fraction of sp³-hybridized carbons (Fsp3) is 0.278. The van der Waals surface area contributed by atoms with E-state index in [4.69, 9.17) is 4.74 Å². The number of hydrogen-bond donors (Lipinski definition) is 2. The van der Waals surface area contributed by atoms with Crippen LogP contribution in [0.2, 0.25) is 0 Å². The summed E-state index contributed by atoms with van der Waals surface area (Å²) in [5.41, 5.74) is 2.85. The van der Waals surface area contributed by atoms with Gasteiger partial charge < -0.3 is 10.1 Å². The van der Waals surface area contributed by atoms with Crippen molar-refractivity contribution in [1.82, 2.24) is 0 Å². The molecule has 1 atom stereocenters. The molecular formula is C18H20N2O4S. The standard InChI is InChI=1S/C18H20N2O4S/c1-3-25(22,23)20-15-9-8-14(10-12(15)2)19-18(21)17-11-13-6-4-5-7-16(13)24-17/h4-10,17,20H,3,11H2,1-2H3,(H,19,21). The molecule has 1 unspecified atom stereocenters. The van der Waals surface area contributed by atoms with Gasteiger partial charge in [-0.05, 0) is 49.2 Å². The predicted molar refractivity (Wildman–Crippen MR) is 97.5 cm³/mol. The summed E-state index contributed by atoms with van der Waals surface area (Å²) in [6.07, 6.45) is -0.0222. The Morgan fingerprint density at radius 3 is 2.68 bits per heavy atom. The Morgan fingerprint density at radius 1 is 1.24 bits per heavy atom. The summed E-state index contributed by atoms with van der Waals surface area (Å²) in [5.74, 6) is 0.519. The number of carbonyl (C=O) groups is 1. The Kier molecular flexibility index (Phi) is 4.67. The van der Waals surface area contributed by atoms with Crippen molar-refractivity contribution >= 4 is 27.3 Å². The van der Waals surface area contributed by atoms with Crippen LogP contribution in [0, 0.1) is 6.92 Å². The predicted octanol–water partition coefficient (Wildman–Crippen LogP) is 2.70. The first kappa shape index (κ1) is 17.3. The summed E-state index contributed by atoms with van der Waals surface area (Å²) in [6.45, 7) is 3.36. The molecule has 0 bridgehead atoms. The van der Waals surface area contributed by atoms with Crippen molar-refractivity contribution in [2.75, 3.05) is 15.8 Å². The number of rotatable bonds is 5. The average Bonchev–Trinajstić information content (AvgIpc) is 3.01. The first-order valence-electron chi connectivity index (χ1n) is 8.04. The van der Waals surface area contributed by atoms with Crippen LogP contribution in [-0.2, 0) is 21.2 Å². The van der Waals surface area contributed by atoms with Gasteiger partial charge in [-0.1, -0.05) is 18.2 Å². The van der Waals surface area contributed by atoms with Crippen molar-refractivity contribution in [3.8, 4) is 5.75 Å². The highest BCUT2D eigenvalue weighted by atomic mass is 32.2. The van der Waals surface area contributed by atoms with Gasteiger partial charge >= 0.3 is 0 Å². The SMILES string of the molecule is CCS(=O)(=O)Nc1ccc(NC(=O)C2Cc3ccccc3O2)cc1C. The summed E-state index contributed by atoms with van der Waals surface area (Å²) in [4.78, 5) is 12.4. The first-order chi connectivity index (χ1) is 11.9. The van der Waals surface area contributed by atoms with Crippen LogP contribution >= 0.6 is 0 Å². The molecule has 0 radical (unpaired) electrons. The minimum atomic E-state index is -3.33. The number of anilines is 2. The molecule has 1 amide bonds. The van der Waals surface area contributed by atoms with Gasteiger partial charge in [0.25, 0.3) is 5.91 Å². The molecule has 2 aromatic carbocycles. The van der Waals surface area contributed by atoms with Crippen molar-refractivity contribution in [2.45, 2.75) is 26.4 Å². The van der Waals surface area contributed by atoms with Gasteiger partial charge in [-0.2, -0.15) is 0 Å². The van der Waals surface area contributed by atoms with E-state index in [0.717, 1.165) is 16.9 Å². The van der Waals surface area contributed by atoms with Crippen molar-refractivity contribution in [1.29, 1.82) is 0 Å². The van der Waals surface area contributed by atoms with E-state index in [1.165, 1.54) is 0 Å². The molecule has 0 spiro atoms. The highest BCUT2D eigenvalue weighted by Crippen LogP contribution is 2.29. The zero-order valence-corrected chi connectivity index (χ0v) is 14.9. The van der Waals surface area contributed by atoms with E-state index < -0.39 is 16.1 Å². The molecule has 0 aliphatic carbocycles. The highest BCUT2D eigenvalue weighted by Gasteiger charge is 2.28. The number of nitrogens with one attached hydrogen (secondary N) is 2. The van der Waals surface area contributed by atoms with Gasteiger partial charge in [-0.25, -0.2) is 8.42 Å². The maximum absolute atomic E-state index is 12.4. The van der Waals surface area contributed by atoms with Gasteiger partial charge in [0.05, 0.1) is 11.4 Å². The summed E-state index contributed by atoms with van der Waals surface area (Å²) in [7, 11) is -3.33. The number of carbonyl (C=O) groups excluding carboxylic acids is 1. The molecule has 6 nitrogen and oxygen atoms in total. The van der Waals surface area contributed by atoms with Crippen molar-refractivity contribution in [2.24, 2.45) is 0 Å². The second kappa shape index (κ2) is 6.76. The van der Waals surface area contributed by atoms with Crippen LogP contribution in [0.1, 0.15) is 18.1 Å². The van der Waals surface area contributed by atoms with E-state index in [0.29, 0.717) is 17.8 Å². The fourth-order valence-corrected chi connectivity index (χ4v) is 3.36. The average molecular weight is 360 g/mol. The number of ether oxygens (including phenoxy) is 1. The molecule has 1 aliphatic heterocycles. The maximum atomic E-state index is 12.4. The minimum Gasteiger partial charge on any atom is -0.480 e. The fourth-order valence-electron chi connectivity index (χ4n) is 2.65. The van der Waals surface area contributed by atoms with Gasteiger partial charge in [-0.15, -0.1) is 0 Å². The molecule has 1 heterocycles. The van der Waals surface area contributed by atoms with Crippen LogP contribution in [0.25, 0.3) is 0 Å². The van der Waals surface area contributed by atoms with E-state index in [2.05, 4.69) is 10.0 Å². The quantitative estimate of drug-likeness (QED) is 0.859. The van der Waals surface area contributed by atoms with E-state index >= 15 is 0 Å². The van der Waals surface area contributed by atoms with Gasteiger partial charge in [0.2, 0.25) is 10.0 Å². The lowest BCUT2D eigenvalue weighted by molar-refractivity contribution is -0.122. The number of sulfonamides is 1. The summed E-state index contributed by atoms with van der Waals surface area (Å²) in [6, 6.07) is 12.6. The molecule has 1 aliphatic rings. The smallest absolute Gasteiger partial charge is 0.265 e. The van der Waals surface area contributed by atoms with Crippen molar-refractivity contribution in [3.05, 3.63) is 53.6 Å². The van der Waals surface area contributed by atoms with Crippen LogP contribution in [0.5, 0.6) is 5.75 Å².